The minimum atomic E-state index is -0.0379. The van der Waals surface area contributed by atoms with Gasteiger partial charge in [0.1, 0.15) is 0 Å². The van der Waals surface area contributed by atoms with Crippen molar-refractivity contribution in [3.63, 3.8) is 0 Å². The summed E-state index contributed by atoms with van der Waals surface area (Å²) in [5.41, 5.74) is 1.13. The number of hydrogen-bond donors (Lipinski definition) is 1. The second kappa shape index (κ2) is 6.72. The molecule has 0 saturated heterocycles. The Morgan fingerprint density at radius 2 is 2.10 bits per heavy atom. The summed E-state index contributed by atoms with van der Waals surface area (Å²) in [5.74, 6) is 0.540. The summed E-state index contributed by atoms with van der Waals surface area (Å²) < 4.78 is 0. The van der Waals surface area contributed by atoms with Crippen LogP contribution in [-0.2, 0) is 4.79 Å². The number of thiophene rings is 1. The number of carbonyl (C=O) groups excluding carboxylic acids is 1. The average molecular weight is 297 g/mol. The van der Waals surface area contributed by atoms with E-state index >= 15 is 0 Å². The first-order valence-electron chi connectivity index (χ1n) is 7.37. The molecule has 2 nitrogen and oxygen atoms in total. The van der Waals surface area contributed by atoms with Gasteiger partial charge in [0.2, 0.25) is 5.91 Å². The number of amides is 1. The zero-order valence-electron chi connectivity index (χ0n) is 11.9. The van der Waals surface area contributed by atoms with E-state index in [4.69, 9.17) is 0 Å². The zero-order chi connectivity index (χ0) is 14.5. The highest BCUT2D eigenvalue weighted by atomic mass is 32.1. The molecule has 1 aromatic heterocycles. The number of nitrogens with one attached hydrogen (secondary N) is 1. The molecule has 0 radical (unpaired) electrons. The minimum absolute atomic E-state index is 0.0379. The Bertz CT molecular complexity index is 603. The van der Waals surface area contributed by atoms with E-state index in [1.165, 1.54) is 4.88 Å². The average Bonchev–Trinajstić information content (AvgIpc) is 3.19. The van der Waals surface area contributed by atoms with Gasteiger partial charge in [0.25, 0.3) is 0 Å². The minimum Gasteiger partial charge on any atom is -0.344 e. The monoisotopic (exact) mass is 297 g/mol. The summed E-state index contributed by atoms with van der Waals surface area (Å²) in [6, 6.07) is 14.2. The van der Waals surface area contributed by atoms with E-state index < -0.39 is 0 Å². The molecule has 0 fully saturated rings. The van der Waals surface area contributed by atoms with E-state index in [1.54, 1.807) is 11.3 Å². The van der Waals surface area contributed by atoms with Crippen molar-refractivity contribution >= 4 is 17.2 Å². The molecule has 0 aliphatic heterocycles. The lowest BCUT2D eigenvalue weighted by Crippen LogP contribution is -2.29. The van der Waals surface area contributed by atoms with Crippen LogP contribution in [0.5, 0.6) is 0 Å². The van der Waals surface area contributed by atoms with Crippen molar-refractivity contribution in [3.05, 3.63) is 70.4 Å². The van der Waals surface area contributed by atoms with Crippen LogP contribution >= 0.6 is 11.3 Å². The molecule has 1 aliphatic rings. The molecule has 108 valence electrons. The van der Waals surface area contributed by atoms with Crippen molar-refractivity contribution in [2.45, 2.75) is 25.3 Å². The van der Waals surface area contributed by atoms with Crippen LogP contribution in [0.15, 0.2) is 60.0 Å². The number of allylic oxidation sites excluding steroid dienone is 2. The molecule has 2 aromatic rings. The largest absolute Gasteiger partial charge is 0.344 e. The molecule has 21 heavy (non-hydrogen) atoms. The van der Waals surface area contributed by atoms with Crippen LogP contribution < -0.4 is 5.32 Å². The molecule has 0 spiro atoms. The molecular weight excluding hydrogens is 278 g/mol. The fraction of sp³-hybridized carbons (Fsp3) is 0.278. The summed E-state index contributed by atoms with van der Waals surface area (Å²) in [5, 5.41) is 5.25. The Balaban J connectivity index is 1.73. The van der Waals surface area contributed by atoms with E-state index in [0.717, 1.165) is 18.4 Å². The van der Waals surface area contributed by atoms with Gasteiger partial charge in [-0.15, -0.1) is 11.3 Å². The molecule has 3 heteroatoms. The molecule has 1 amide bonds. The highest BCUT2D eigenvalue weighted by Gasteiger charge is 2.20. The van der Waals surface area contributed by atoms with Crippen molar-refractivity contribution in [1.82, 2.24) is 5.32 Å². The Kier molecular flexibility index (Phi) is 4.51. The van der Waals surface area contributed by atoms with Crippen LogP contribution in [0.4, 0.5) is 0 Å². The molecular formula is C18H19NOS. The van der Waals surface area contributed by atoms with Crippen molar-refractivity contribution in [3.8, 4) is 0 Å². The van der Waals surface area contributed by atoms with Gasteiger partial charge in [0.05, 0.1) is 6.04 Å². The van der Waals surface area contributed by atoms with Crippen LogP contribution in [0, 0.1) is 5.92 Å². The van der Waals surface area contributed by atoms with E-state index in [-0.39, 0.29) is 11.9 Å². The predicted octanol–water partition coefficient (Wildman–Crippen LogP) is 4.31. The topological polar surface area (TPSA) is 29.1 Å². The van der Waals surface area contributed by atoms with Gasteiger partial charge in [-0.05, 0) is 35.8 Å². The fourth-order valence-electron chi connectivity index (χ4n) is 2.74. The lowest BCUT2D eigenvalue weighted by Gasteiger charge is -2.19. The molecule has 1 heterocycles. The van der Waals surface area contributed by atoms with E-state index in [1.807, 2.05) is 24.3 Å². The number of benzene rings is 1. The molecule has 1 aromatic carbocycles. The standard InChI is InChI=1S/C18H19NOS/c20-17(13-14-7-4-5-8-14)19-18(16-11-6-12-21-16)15-9-2-1-3-10-15/h1-4,6-7,9-12,14,18H,5,8,13H2,(H,19,20)/t14-,18+/m0/s1. The summed E-state index contributed by atoms with van der Waals surface area (Å²) in [6.45, 7) is 0. The lowest BCUT2D eigenvalue weighted by atomic mass is 10.0. The molecule has 0 unspecified atom stereocenters. The highest BCUT2D eigenvalue weighted by molar-refractivity contribution is 7.10. The van der Waals surface area contributed by atoms with Gasteiger partial charge in [-0.1, -0.05) is 48.6 Å². The summed E-state index contributed by atoms with van der Waals surface area (Å²) in [7, 11) is 0. The molecule has 1 aliphatic carbocycles. The predicted molar refractivity (Wildman–Crippen MR) is 87.2 cm³/mol. The van der Waals surface area contributed by atoms with Gasteiger partial charge in [-0.25, -0.2) is 0 Å². The Morgan fingerprint density at radius 1 is 1.24 bits per heavy atom. The number of rotatable bonds is 5. The van der Waals surface area contributed by atoms with Crippen LogP contribution in [0.1, 0.15) is 35.7 Å². The first-order valence-corrected chi connectivity index (χ1v) is 8.25. The molecule has 0 saturated carbocycles. The van der Waals surface area contributed by atoms with Gasteiger partial charge < -0.3 is 5.32 Å². The normalized spacial score (nSPS) is 18.6. The number of hydrogen-bond acceptors (Lipinski definition) is 2. The zero-order valence-corrected chi connectivity index (χ0v) is 12.7. The van der Waals surface area contributed by atoms with Gasteiger partial charge in [-0.2, -0.15) is 0 Å². The van der Waals surface area contributed by atoms with Crippen LogP contribution in [0.3, 0.4) is 0 Å². The fourth-order valence-corrected chi connectivity index (χ4v) is 3.55. The lowest BCUT2D eigenvalue weighted by molar-refractivity contribution is -0.122. The van der Waals surface area contributed by atoms with E-state index in [2.05, 4.69) is 41.0 Å². The maximum atomic E-state index is 12.3. The maximum Gasteiger partial charge on any atom is 0.221 e. The van der Waals surface area contributed by atoms with Gasteiger partial charge in [0, 0.05) is 11.3 Å². The first-order chi connectivity index (χ1) is 10.3. The van der Waals surface area contributed by atoms with Gasteiger partial charge in [-0.3, -0.25) is 4.79 Å². The SMILES string of the molecule is O=C(C[C@H]1C=CCC1)N[C@H](c1ccccc1)c1cccs1. The van der Waals surface area contributed by atoms with E-state index in [0.29, 0.717) is 12.3 Å². The highest BCUT2D eigenvalue weighted by Crippen LogP contribution is 2.27. The van der Waals surface area contributed by atoms with Gasteiger partial charge in [0.15, 0.2) is 0 Å². The maximum absolute atomic E-state index is 12.3. The van der Waals surface area contributed by atoms with E-state index in [9.17, 15) is 4.79 Å². The third-order valence-electron chi connectivity index (χ3n) is 3.83. The second-order valence-electron chi connectivity index (χ2n) is 5.40. The van der Waals surface area contributed by atoms with Crippen molar-refractivity contribution < 1.29 is 4.79 Å². The Morgan fingerprint density at radius 3 is 2.76 bits per heavy atom. The van der Waals surface area contributed by atoms with Crippen LogP contribution in [0.25, 0.3) is 0 Å². The third kappa shape index (κ3) is 3.61. The molecule has 3 rings (SSSR count). The smallest absolute Gasteiger partial charge is 0.221 e. The summed E-state index contributed by atoms with van der Waals surface area (Å²) in [4.78, 5) is 13.5. The second-order valence-corrected chi connectivity index (χ2v) is 6.38. The Labute approximate surface area is 129 Å². The van der Waals surface area contributed by atoms with Gasteiger partial charge >= 0.3 is 0 Å². The number of carbonyl (C=O) groups is 1. The quantitative estimate of drug-likeness (QED) is 0.819. The van der Waals surface area contributed by atoms with Crippen LogP contribution in [0.2, 0.25) is 0 Å². The van der Waals surface area contributed by atoms with Crippen molar-refractivity contribution in [2.75, 3.05) is 0 Å². The Hall–Kier alpha value is -1.87. The first kappa shape index (κ1) is 14.1. The van der Waals surface area contributed by atoms with Crippen molar-refractivity contribution in [1.29, 1.82) is 0 Å². The molecule has 1 N–H and O–H groups in total. The molecule has 2 atom stereocenters. The summed E-state index contributed by atoms with van der Waals surface area (Å²) >= 11 is 1.68. The molecule has 0 bridgehead atoms. The van der Waals surface area contributed by atoms with Crippen molar-refractivity contribution in [2.24, 2.45) is 5.92 Å². The summed E-state index contributed by atoms with van der Waals surface area (Å²) in [6.07, 6.45) is 7.13. The van der Waals surface area contributed by atoms with Crippen LogP contribution in [-0.4, -0.2) is 5.91 Å². The third-order valence-corrected chi connectivity index (χ3v) is 4.76.